The van der Waals surface area contributed by atoms with E-state index >= 15 is 0 Å². The van der Waals surface area contributed by atoms with Crippen LogP contribution in [0.4, 0.5) is 5.69 Å². The predicted molar refractivity (Wildman–Crippen MR) is 76.1 cm³/mol. The van der Waals surface area contributed by atoms with Gasteiger partial charge in [-0.05, 0) is 40.9 Å². The molecule has 2 nitrogen and oxygen atoms in total. The first kappa shape index (κ1) is 14.2. The largest absolute Gasteiger partial charge is 0.325 e. The van der Waals surface area contributed by atoms with Gasteiger partial charge in [0, 0.05) is 10.4 Å². The standard InChI is InChI=1S/C14H20BrNO/c1-3-5-8-11(4-2)14(17)16-13-10-7-6-9-12(13)15/h6-7,9-11H,3-5,8H2,1-2H3,(H,16,17)/t11-/m0/s1. The zero-order valence-corrected chi connectivity index (χ0v) is 12.1. The maximum Gasteiger partial charge on any atom is 0.227 e. The Bertz CT molecular complexity index is 365. The molecule has 0 heterocycles. The zero-order valence-electron chi connectivity index (χ0n) is 10.5. The van der Waals surface area contributed by atoms with E-state index in [1.807, 2.05) is 24.3 Å². The molecule has 1 atom stereocenters. The van der Waals surface area contributed by atoms with E-state index in [4.69, 9.17) is 0 Å². The van der Waals surface area contributed by atoms with E-state index in [2.05, 4.69) is 35.1 Å². The lowest BCUT2D eigenvalue weighted by molar-refractivity contribution is -0.120. The summed E-state index contributed by atoms with van der Waals surface area (Å²) in [5.41, 5.74) is 0.854. The first-order chi connectivity index (χ1) is 8.19. The molecule has 17 heavy (non-hydrogen) atoms. The summed E-state index contributed by atoms with van der Waals surface area (Å²) in [6.45, 7) is 4.22. The van der Waals surface area contributed by atoms with Gasteiger partial charge >= 0.3 is 0 Å². The Morgan fingerprint density at radius 1 is 1.35 bits per heavy atom. The summed E-state index contributed by atoms with van der Waals surface area (Å²) < 4.78 is 0.929. The monoisotopic (exact) mass is 297 g/mol. The minimum atomic E-state index is 0.127. The summed E-state index contributed by atoms with van der Waals surface area (Å²) in [4.78, 5) is 12.1. The maximum atomic E-state index is 12.1. The molecule has 1 aromatic carbocycles. The lowest BCUT2D eigenvalue weighted by Gasteiger charge is -2.15. The summed E-state index contributed by atoms with van der Waals surface area (Å²) in [5.74, 6) is 0.259. The molecule has 0 aromatic heterocycles. The van der Waals surface area contributed by atoms with Crippen molar-refractivity contribution in [3.05, 3.63) is 28.7 Å². The lowest BCUT2D eigenvalue weighted by Crippen LogP contribution is -2.22. The second kappa shape index (κ2) is 7.49. The molecule has 0 aliphatic carbocycles. The molecule has 1 amide bonds. The molecule has 0 spiro atoms. The van der Waals surface area contributed by atoms with Gasteiger partial charge in [-0.2, -0.15) is 0 Å². The van der Waals surface area contributed by atoms with Crippen molar-refractivity contribution in [2.24, 2.45) is 5.92 Å². The average molecular weight is 298 g/mol. The van der Waals surface area contributed by atoms with Gasteiger partial charge in [0.1, 0.15) is 0 Å². The lowest BCUT2D eigenvalue weighted by atomic mass is 9.98. The van der Waals surface area contributed by atoms with Gasteiger partial charge in [-0.3, -0.25) is 4.79 Å². The molecule has 94 valence electrons. The summed E-state index contributed by atoms with van der Waals surface area (Å²) >= 11 is 3.43. The Balaban J connectivity index is 2.61. The van der Waals surface area contributed by atoms with Crippen molar-refractivity contribution in [3.8, 4) is 0 Å². The Hall–Kier alpha value is -0.830. The van der Waals surface area contributed by atoms with Crippen molar-refractivity contribution in [1.29, 1.82) is 0 Å². The zero-order chi connectivity index (χ0) is 12.7. The molecule has 0 saturated carbocycles. The van der Waals surface area contributed by atoms with E-state index in [0.29, 0.717) is 0 Å². The molecular formula is C14H20BrNO. The summed E-state index contributed by atoms with van der Waals surface area (Å²) in [6.07, 6.45) is 4.13. The Morgan fingerprint density at radius 3 is 2.65 bits per heavy atom. The number of para-hydroxylation sites is 1. The number of rotatable bonds is 6. The molecule has 0 radical (unpaired) electrons. The highest BCUT2D eigenvalue weighted by Gasteiger charge is 2.16. The number of hydrogen-bond donors (Lipinski definition) is 1. The van der Waals surface area contributed by atoms with Crippen LogP contribution in [0.1, 0.15) is 39.5 Å². The van der Waals surface area contributed by atoms with Crippen molar-refractivity contribution < 1.29 is 4.79 Å². The first-order valence-electron chi connectivity index (χ1n) is 6.24. The second-order valence-corrected chi connectivity index (χ2v) is 5.07. The number of carbonyl (C=O) groups excluding carboxylic acids is 1. The van der Waals surface area contributed by atoms with Gasteiger partial charge in [0.05, 0.1) is 5.69 Å². The summed E-state index contributed by atoms with van der Waals surface area (Å²) in [6, 6.07) is 7.71. The predicted octanol–water partition coefficient (Wildman–Crippen LogP) is 4.60. The molecule has 3 heteroatoms. The fraction of sp³-hybridized carbons (Fsp3) is 0.500. The summed E-state index contributed by atoms with van der Waals surface area (Å²) in [5, 5.41) is 2.98. The van der Waals surface area contributed by atoms with Crippen molar-refractivity contribution >= 4 is 27.5 Å². The van der Waals surface area contributed by atoms with E-state index in [1.165, 1.54) is 0 Å². The van der Waals surface area contributed by atoms with E-state index in [-0.39, 0.29) is 11.8 Å². The van der Waals surface area contributed by atoms with Gasteiger partial charge < -0.3 is 5.32 Å². The summed E-state index contributed by atoms with van der Waals surface area (Å²) in [7, 11) is 0. The second-order valence-electron chi connectivity index (χ2n) is 4.22. The number of amides is 1. The SMILES string of the molecule is CCCC[C@H](CC)C(=O)Nc1ccccc1Br. The fourth-order valence-electron chi connectivity index (χ4n) is 1.77. The van der Waals surface area contributed by atoms with Crippen LogP contribution in [-0.4, -0.2) is 5.91 Å². The molecular weight excluding hydrogens is 278 g/mol. The number of carbonyl (C=O) groups is 1. The minimum Gasteiger partial charge on any atom is -0.325 e. The number of anilines is 1. The van der Waals surface area contributed by atoms with Gasteiger partial charge in [0.25, 0.3) is 0 Å². The fourth-order valence-corrected chi connectivity index (χ4v) is 2.15. The molecule has 1 rings (SSSR count). The van der Waals surface area contributed by atoms with Crippen LogP contribution in [0.25, 0.3) is 0 Å². The average Bonchev–Trinajstić information content (AvgIpc) is 2.33. The van der Waals surface area contributed by atoms with Crippen molar-refractivity contribution in [1.82, 2.24) is 0 Å². The van der Waals surface area contributed by atoms with Crippen LogP contribution in [0, 0.1) is 5.92 Å². The minimum absolute atomic E-state index is 0.127. The highest BCUT2D eigenvalue weighted by molar-refractivity contribution is 9.10. The van der Waals surface area contributed by atoms with E-state index in [0.717, 1.165) is 35.8 Å². The van der Waals surface area contributed by atoms with Crippen molar-refractivity contribution in [2.75, 3.05) is 5.32 Å². The van der Waals surface area contributed by atoms with Gasteiger partial charge in [-0.15, -0.1) is 0 Å². The third-order valence-corrected chi connectivity index (χ3v) is 3.59. The molecule has 0 bridgehead atoms. The highest BCUT2D eigenvalue weighted by atomic mass is 79.9. The maximum absolute atomic E-state index is 12.1. The van der Waals surface area contributed by atoms with Crippen LogP contribution < -0.4 is 5.32 Å². The Kier molecular flexibility index (Phi) is 6.27. The van der Waals surface area contributed by atoms with Crippen LogP contribution in [0.2, 0.25) is 0 Å². The van der Waals surface area contributed by atoms with Crippen LogP contribution in [0.5, 0.6) is 0 Å². The van der Waals surface area contributed by atoms with Gasteiger partial charge in [-0.1, -0.05) is 38.8 Å². The van der Waals surface area contributed by atoms with E-state index in [9.17, 15) is 4.79 Å². The Labute approximate surface area is 112 Å². The molecule has 0 saturated heterocycles. The van der Waals surface area contributed by atoms with Crippen LogP contribution >= 0.6 is 15.9 Å². The third kappa shape index (κ3) is 4.50. The topological polar surface area (TPSA) is 29.1 Å². The van der Waals surface area contributed by atoms with Gasteiger partial charge in [0.15, 0.2) is 0 Å². The van der Waals surface area contributed by atoms with Gasteiger partial charge in [-0.25, -0.2) is 0 Å². The molecule has 0 fully saturated rings. The first-order valence-corrected chi connectivity index (χ1v) is 7.03. The number of unbranched alkanes of at least 4 members (excludes halogenated alkanes) is 1. The quantitative estimate of drug-likeness (QED) is 0.816. The highest BCUT2D eigenvalue weighted by Crippen LogP contribution is 2.23. The van der Waals surface area contributed by atoms with Crippen molar-refractivity contribution in [2.45, 2.75) is 39.5 Å². The van der Waals surface area contributed by atoms with Gasteiger partial charge in [0.2, 0.25) is 5.91 Å². The molecule has 0 aliphatic rings. The number of hydrogen-bond acceptors (Lipinski definition) is 1. The molecule has 1 N–H and O–H groups in total. The molecule has 1 aromatic rings. The number of nitrogens with one attached hydrogen (secondary N) is 1. The van der Waals surface area contributed by atoms with Crippen LogP contribution in [-0.2, 0) is 4.79 Å². The Morgan fingerprint density at radius 2 is 2.06 bits per heavy atom. The van der Waals surface area contributed by atoms with Crippen LogP contribution in [0.15, 0.2) is 28.7 Å². The number of benzene rings is 1. The van der Waals surface area contributed by atoms with E-state index in [1.54, 1.807) is 0 Å². The van der Waals surface area contributed by atoms with E-state index < -0.39 is 0 Å². The molecule has 0 aliphatic heterocycles. The normalized spacial score (nSPS) is 12.2. The third-order valence-electron chi connectivity index (χ3n) is 2.90. The smallest absolute Gasteiger partial charge is 0.227 e. The van der Waals surface area contributed by atoms with Crippen molar-refractivity contribution in [3.63, 3.8) is 0 Å². The molecule has 0 unspecified atom stereocenters. The van der Waals surface area contributed by atoms with Crippen LogP contribution in [0.3, 0.4) is 0 Å². The number of halogens is 1.